The third-order valence-electron chi connectivity index (χ3n) is 5.07. The SMILES string of the molecule is CNC(=O)OC1CCN(C(=O)Nc2ncc(-c3ccccc3)s2)C(C(C)(C)C)C1. The summed E-state index contributed by atoms with van der Waals surface area (Å²) in [7, 11) is 1.55. The fourth-order valence-corrected chi connectivity index (χ4v) is 4.36. The highest BCUT2D eigenvalue weighted by atomic mass is 32.1. The third-order valence-corrected chi connectivity index (χ3v) is 6.03. The van der Waals surface area contributed by atoms with Crippen LogP contribution in [0.15, 0.2) is 36.5 Å². The number of ether oxygens (including phenoxy) is 1. The molecule has 29 heavy (non-hydrogen) atoms. The third kappa shape index (κ3) is 5.26. The van der Waals surface area contributed by atoms with Crippen LogP contribution < -0.4 is 10.6 Å². The molecule has 1 aliphatic rings. The van der Waals surface area contributed by atoms with Gasteiger partial charge in [-0.05, 0) is 11.0 Å². The summed E-state index contributed by atoms with van der Waals surface area (Å²) >= 11 is 1.45. The number of alkyl carbamates (subject to hydrolysis) is 1. The topological polar surface area (TPSA) is 83.6 Å². The molecule has 8 heteroatoms. The second-order valence-electron chi connectivity index (χ2n) is 8.20. The van der Waals surface area contributed by atoms with Gasteiger partial charge in [-0.25, -0.2) is 14.6 Å². The number of piperidine rings is 1. The molecule has 1 saturated heterocycles. The average Bonchev–Trinajstić information content (AvgIpc) is 3.16. The Hall–Kier alpha value is -2.61. The molecule has 3 rings (SSSR count). The number of thiazole rings is 1. The van der Waals surface area contributed by atoms with Crippen LogP contribution in [0.4, 0.5) is 14.7 Å². The van der Waals surface area contributed by atoms with E-state index in [9.17, 15) is 9.59 Å². The Bertz CT molecular complexity index is 847. The van der Waals surface area contributed by atoms with Crippen molar-refractivity contribution in [1.82, 2.24) is 15.2 Å². The summed E-state index contributed by atoms with van der Waals surface area (Å²) in [6.45, 7) is 6.80. The lowest BCUT2D eigenvalue weighted by Crippen LogP contribution is -2.55. The smallest absolute Gasteiger partial charge is 0.407 e. The molecule has 1 aromatic carbocycles. The largest absolute Gasteiger partial charge is 0.446 e. The van der Waals surface area contributed by atoms with Gasteiger partial charge in [-0.15, -0.1) is 0 Å². The van der Waals surface area contributed by atoms with E-state index in [2.05, 4.69) is 36.4 Å². The fraction of sp³-hybridized carbons (Fsp3) is 0.476. The fourth-order valence-electron chi connectivity index (χ4n) is 3.55. The van der Waals surface area contributed by atoms with E-state index in [0.29, 0.717) is 24.5 Å². The van der Waals surface area contributed by atoms with Crippen LogP contribution >= 0.6 is 11.3 Å². The Balaban J connectivity index is 1.69. The van der Waals surface area contributed by atoms with Crippen molar-refractivity contribution in [3.8, 4) is 10.4 Å². The first kappa shape index (κ1) is 21.1. The number of aromatic nitrogens is 1. The second-order valence-corrected chi connectivity index (χ2v) is 9.23. The minimum Gasteiger partial charge on any atom is -0.446 e. The summed E-state index contributed by atoms with van der Waals surface area (Å²) < 4.78 is 5.45. The number of anilines is 1. The van der Waals surface area contributed by atoms with Crippen molar-refractivity contribution in [2.45, 2.75) is 45.8 Å². The molecule has 1 fully saturated rings. The zero-order chi connectivity index (χ0) is 21.0. The van der Waals surface area contributed by atoms with Crippen LogP contribution in [0.3, 0.4) is 0 Å². The summed E-state index contributed by atoms with van der Waals surface area (Å²) in [5.41, 5.74) is 0.922. The van der Waals surface area contributed by atoms with Crippen molar-refractivity contribution < 1.29 is 14.3 Å². The van der Waals surface area contributed by atoms with Crippen LogP contribution in [0.1, 0.15) is 33.6 Å². The van der Waals surface area contributed by atoms with Crippen molar-refractivity contribution in [3.05, 3.63) is 36.5 Å². The average molecular weight is 417 g/mol. The number of nitrogens with zero attached hydrogens (tertiary/aromatic N) is 2. The summed E-state index contributed by atoms with van der Waals surface area (Å²) in [4.78, 5) is 31.8. The summed E-state index contributed by atoms with van der Waals surface area (Å²) in [6.07, 6.45) is 2.36. The lowest BCUT2D eigenvalue weighted by Gasteiger charge is -2.45. The molecule has 7 nitrogen and oxygen atoms in total. The monoisotopic (exact) mass is 416 g/mol. The molecule has 0 spiro atoms. The zero-order valence-electron chi connectivity index (χ0n) is 17.3. The maximum absolute atomic E-state index is 13.0. The van der Waals surface area contributed by atoms with Gasteiger partial charge in [0.2, 0.25) is 0 Å². The molecule has 2 heterocycles. The van der Waals surface area contributed by atoms with E-state index < -0.39 is 6.09 Å². The molecule has 1 aliphatic heterocycles. The Morgan fingerprint density at radius 1 is 1.24 bits per heavy atom. The van der Waals surface area contributed by atoms with Gasteiger partial charge in [0.25, 0.3) is 0 Å². The summed E-state index contributed by atoms with van der Waals surface area (Å²) in [5.74, 6) is 0. The van der Waals surface area contributed by atoms with Gasteiger partial charge in [-0.1, -0.05) is 62.4 Å². The number of hydrogen-bond acceptors (Lipinski definition) is 5. The normalized spacial score (nSPS) is 19.5. The van der Waals surface area contributed by atoms with Crippen molar-refractivity contribution in [3.63, 3.8) is 0 Å². The minimum absolute atomic E-state index is 0.0561. The summed E-state index contributed by atoms with van der Waals surface area (Å²) in [6, 6.07) is 9.74. The van der Waals surface area contributed by atoms with Crippen molar-refractivity contribution in [1.29, 1.82) is 0 Å². The molecule has 0 saturated carbocycles. The van der Waals surface area contributed by atoms with Gasteiger partial charge in [-0.2, -0.15) is 0 Å². The molecule has 2 aromatic rings. The van der Waals surface area contributed by atoms with Gasteiger partial charge < -0.3 is 15.0 Å². The van der Waals surface area contributed by atoms with Crippen LogP contribution in [0.25, 0.3) is 10.4 Å². The molecule has 156 valence electrons. The zero-order valence-corrected chi connectivity index (χ0v) is 18.1. The van der Waals surface area contributed by atoms with Crippen LogP contribution in [-0.4, -0.2) is 47.7 Å². The predicted octanol–water partition coefficient (Wildman–Crippen LogP) is 4.58. The van der Waals surface area contributed by atoms with E-state index >= 15 is 0 Å². The first-order valence-corrected chi connectivity index (χ1v) is 10.6. The lowest BCUT2D eigenvalue weighted by molar-refractivity contribution is 0.00821. The molecule has 0 bridgehead atoms. The molecule has 2 unspecified atom stereocenters. The number of benzene rings is 1. The van der Waals surface area contributed by atoms with Gasteiger partial charge in [0, 0.05) is 38.7 Å². The van der Waals surface area contributed by atoms with E-state index in [-0.39, 0.29) is 23.6 Å². The number of amides is 3. The first-order chi connectivity index (χ1) is 13.8. The first-order valence-electron chi connectivity index (χ1n) is 9.75. The molecule has 3 amide bonds. The quantitative estimate of drug-likeness (QED) is 0.767. The standard InChI is InChI=1S/C21H28N4O3S/c1-21(2,3)17-12-15(28-20(27)22-4)10-11-25(17)19(26)24-18-23-13-16(29-18)14-8-6-5-7-9-14/h5-9,13,15,17H,10-12H2,1-4H3,(H,22,27)(H,23,24,26). The molecule has 2 atom stereocenters. The van der Waals surface area contributed by atoms with Gasteiger partial charge in [0.15, 0.2) is 5.13 Å². The van der Waals surface area contributed by atoms with E-state index in [1.165, 1.54) is 11.3 Å². The highest BCUT2D eigenvalue weighted by molar-refractivity contribution is 7.19. The number of urea groups is 1. The van der Waals surface area contributed by atoms with Crippen LogP contribution in [0.5, 0.6) is 0 Å². The van der Waals surface area contributed by atoms with Crippen LogP contribution in [0.2, 0.25) is 0 Å². The van der Waals surface area contributed by atoms with Gasteiger partial charge >= 0.3 is 12.1 Å². The van der Waals surface area contributed by atoms with Crippen molar-refractivity contribution in [2.24, 2.45) is 5.41 Å². The Labute approximate surface area is 175 Å². The van der Waals surface area contributed by atoms with E-state index in [1.54, 1.807) is 13.2 Å². The van der Waals surface area contributed by atoms with Gasteiger partial charge in [0.05, 0.1) is 4.88 Å². The van der Waals surface area contributed by atoms with E-state index in [4.69, 9.17) is 4.74 Å². The van der Waals surface area contributed by atoms with Crippen molar-refractivity contribution in [2.75, 3.05) is 18.9 Å². The van der Waals surface area contributed by atoms with Crippen LogP contribution in [0, 0.1) is 5.41 Å². The number of carbonyl (C=O) groups excluding carboxylic acids is 2. The Morgan fingerprint density at radius 3 is 2.62 bits per heavy atom. The minimum atomic E-state index is -0.434. The maximum Gasteiger partial charge on any atom is 0.407 e. The number of likely N-dealkylation sites (tertiary alicyclic amines) is 1. The van der Waals surface area contributed by atoms with E-state index in [0.717, 1.165) is 10.4 Å². The van der Waals surface area contributed by atoms with Crippen molar-refractivity contribution >= 4 is 28.6 Å². The van der Waals surface area contributed by atoms with Gasteiger partial charge in [0.1, 0.15) is 6.10 Å². The highest BCUT2D eigenvalue weighted by Crippen LogP contribution is 2.34. The number of hydrogen-bond donors (Lipinski definition) is 2. The molecule has 0 aliphatic carbocycles. The molecular formula is C21H28N4O3S. The van der Waals surface area contributed by atoms with Gasteiger partial charge in [-0.3, -0.25) is 5.32 Å². The van der Waals surface area contributed by atoms with E-state index in [1.807, 2.05) is 35.2 Å². The lowest BCUT2D eigenvalue weighted by atomic mass is 9.80. The molecule has 2 N–H and O–H groups in total. The maximum atomic E-state index is 13.0. The molecular weight excluding hydrogens is 388 g/mol. The molecule has 1 aromatic heterocycles. The number of rotatable bonds is 3. The Kier molecular flexibility index (Phi) is 6.42. The Morgan fingerprint density at radius 2 is 1.97 bits per heavy atom. The predicted molar refractivity (Wildman–Crippen MR) is 115 cm³/mol. The highest BCUT2D eigenvalue weighted by Gasteiger charge is 2.40. The summed E-state index contributed by atoms with van der Waals surface area (Å²) in [5, 5.41) is 6.01. The number of carbonyl (C=O) groups is 2. The van der Waals surface area contributed by atoms with Crippen LogP contribution in [-0.2, 0) is 4.74 Å². The second kappa shape index (κ2) is 8.82. The molecule has 0 radical (unpaired) electrons. The number of nitrogens with one attached hydrogen (secondary N) is 2.